The summed E-state index contributed by atoms with van der Waals surface area (Å²) in [6.45, 7) is 1.32. The van der Waals surface area contributed by atoms with Gasteiger partial charge in [-0.1, -0.05) is 34.4 Å². The van der Waals surface area contributed by atoms with Crippen LogP contribution in [-0.4, -0.2) is 16.8 Å². The Hall–Kier alpha value is -1.73. The van der Waals surface area contributed by atoms with Crippen molar-refractivity contribution in [3.8, 4) is 11.4 Å². The molecule has 3 rings (SSSR count). The van der Waals surface area contributed by atoms with Gasteiger partial charge in [0.1, 0.15) is 5.82 Å². The maximum absolute atomic E-state index is 14.6. The first-order valence-corrected chi connectivity index (χ1v) is 10.8. The van der Waals surface area contributed by atoms with Crippen molar-refractivity contribution in [2.24, 2.45) is 0 Å². The molecule has 5 nitrogen and oxygen atoms in total. The molecule has 0 radical (unpaired) electrons. The topological polar surface area (TPSA) is 68.0 Å². The van der Waals surface area contributed by atoms with Gasteiger partial charge in [0.15, 0.2) is 7.29 Å². The van der Waals surface area contributed by atoms with Crippen LogP contribution in [0.2, 0.25) is 10.0 Å². The molecule has 3 aromatic rings. The van der Waals surface area contributed by atoms with Gasteiger partial charge in [0, 0.05) is 17.3 Å². The van der Waals surface area contributed by atoms with Gasteiger partial charge in [0.05, 0.1) is 16.0 Å². The van der Waals surface area contributed by atoms with E-state index in [0.29, 0.717) is 10.7 Å². The molecular formula is C16H10Cl3F3N3O2P. The summed E-state index contributed by atoms with van der Waals surface area (Å²) in [5.74, 6) is -2.26. The highest BCUT2D eigenvalue weighted by Crippen LogP contribution is 2.43. The average molecular weight is 471 g/mol. The number of halogens is 6. The van der Waals surface area contributed by atoms with Gasteiger partial charge in [0.25, 0.3) is 0 Å². The fourth-order valence-corrected chi connectivity index (χ4v) is 4.52. The predicted octanol–water partition coefficient (Wildman–Crippen LogP) is 6.12. The van der Waals surface area contributed by atoms with Crippen LogP contribution in [0.15, 0.2) is 40.9 Å². The summed E-state index contributed by atoms with van der Waals surface area (Å²) in [6, 6.07) is 8.01. The first kappa shape index (κ1) is 21.0. The highest BCUT2D eigenvalue weighted by atomic mass is 35.5. The molecule has 0 fully saturated rings. The van der Waals surface area contributed by atoms with Crippen LogP contribution in [0.3, 0.4) is 0 Å². The highest BCUT2D eigenvalue weighted by molar-refractivity contribution is 7.72. The summed E-state index contributed by atoms with van der Waals surface area (Å²) < 4.78 is 58.0. The number of aromatic nitrogens is 2. The van der Waals surface area contributed by atoms with Crippen LogP contribution >= 0.6 is 42.1 Å². The maximum atomic E-state index is 14.6. The van der Waals surface area contributed by atoms with Crippen LogP contribution in [0.4, 0.5) is 18.9 Å². The van der Waals surface area contributed by atoms with Crippen molar-refractivity contribution >= 4 is 53.1 Å². The van der Waals surface area contributed by atoms with Crippen LogP contribution in [0.25, 0.3) is 11.4 Å². The summed E-state index contributed by atoms with van der Waals surface area (Å²) in [6.07, 6.45) is 0. The van der Waals surface area contributed by atoms with Crippen molar-refractivity contribution in [1.82, 2.24) is 10.1 Å². The molecule has 0 aliphatic carbocycles. The zero-order chi connectivity index (χ0) is 20.7. The molecule has 0 spiro atoms. The number of alkyl halides is 3. The lowest BCUT2D eigenvalue weighted by Gasteiger charge is -2.18. The van der Waals surface area contributed by atoms with Crippen LogP contribution in [0.1, 0.15) is 5.89 Å². The lowest BCUT2D eigenvalue weighted by Crippen LogP contribution is -2.15. The second-order valence-corrected chi connectivity index (χ2v) is 9.62. The first-order valence-electron chi connectivity index (χ1n) is 7.49. The number of hydrogen-bond donors (Lipinski definition) is 1. The normalized spacial score (nSPS) is 14.0. The molecule has 0 saturated heterocycles. The van der Waals surface area contributed by atoms with E-state index >= 15 is 0 Å². The van der Waals surface area contributed by atoms with Crippen molar-refractivity contribution in [1.29, 1.82) is 0 Å². The smallest absolute Gasteiger partial charge is 0.332 e. The number of rotatable bonds is 5. The fraction of sp³-hybridized carbons (Fsp3) is 0.125. The minimum Gasteiger partial charge on any atom is -0.332 e. The van der Waals surface area contributed by atoms with E-state index in [-0.39, 0.29) is 21.7 Å². The largest absolute Gasteiger partial charge is 0.400 e. The van der Waals surface area contributed by atoms with Gasteiger partial charge in [-0.3, -0.25) is 4.57 Å². The summed E-state index contributed by atoms with van der Waals surface area (Å²) in [5.41, 5.74) is 0.356. The molecule has 148 valence electrons. The Morgan fingerprint density at radius 1 is 1.18 bits per heavy atom. The molecule has 1 aromatic heterocycles. The molecule has 0 amide bonds. The van der Waals surface area contributed by atoms with Crippen LogP contribution in [0, 0.1) is 5.82 Å². The van der Waals surface area contributed by atoms with Crippen LogP contribution < -0.4 is 10.4 Å². The Balaban J connectivity index is 1.91. The van der Waals surface area contributed by atoms with Gasteiger partial charge >= 0.3 is 11.3 Å². The van der Waals surface area contributed by atoms with E-state index in [1.54, 1.807) is 0 Å². The standard InChI is InChI=1S/C16H10Cl3F3N3O2P/c1-28(26,25-12-4-3-9(17)7-10(12)18)13-5-2-8(6-11(13)20)14-23-15(27-24-14)16(19,21)22/h2-7H,1H3,(H,25,26). The van der Waals surface area contributed by atoms with E-state index in [9.17, 15) is 17.7 Å². The van der Waals surface area contributed by atoms with E-state index in [1.165, 1.54) is 37.0 Å². The third-order valence-corrected chi connectivity index (χ3v) is 6.26. The summed E-state index contributed by atoms with van der Waals surface area (Å²) in [7, 11) is -3.44. The van der Waals surface area contributed by atoms with E-state index < -0.39 is 24.4 Å². The predicted molar refractivity (Wildman–Crippen MR) is 103 cm³/mol. The van der Waals surface area contributed by atoms with Gasteiger partial charge in [0.2, 0.25) is 5.82 Å². The van der Waals surface area contributed by atoms with Gasteiger partial charge in [-0.25, -0.2) is 4.39 Å². The Kier molecular flexibility index (Phi) is 5.69. The minimum atomic E-state index is -3.84. The van der Waals surface area contributed by atoms with Gasteiger partial charge in [-0.15, -0.1) is 0 Å². The van der Waals surface area contributed by atoms with Crippen molar-refractivity contribution in [2.75, 3.05) is 11.8 Å². The molecule has 0 bridgehead atoms. The van der Waals surface area contributed by atoms with Gasteiger partial charge in [-0.2, -0.15) is 13.8 Å². The van der Waals surface area contributed by atoms with Crippen molar-refractivity contribution in [3.63, 3.8) is 0 Å². The lowest BCUT2D eigenvalue weighted by atomic mass is 10.2. The summed E-state index contributed by atoms with van der Waals surface area (Å²) in [5, 5.41) is 2.68. The number of hydrogen-bond acceptors (Lipinski definition) is 4. The second-order valence-electron chi connectivity index (χ2n) is 5.75. The van der Waals surface area contributed by atoms with Crippen LogP contribution in [-0.2, 0) is 9.95 Å². The third kappa shape index (κ3) is 4.46. The molecule has 12 heteroatoms. The molecule has 1 unspecified atom stereocenters. The Bertz CT molecular complexity index is 1090. The molecule has 1 heterocycles. The second kappa shape index (κ2) is 7.59. The van der Waals surface area contributed by atoms with E-state index in [2.05, 4.69) is 19.8 Å². The number of nitrogens with one attached hydrogen (secondary N) is 1. The zero-order valence-electron chi connectivity index (χ0n) is 13.9. The Labute approximate surface area is 172 Å². The number of benzene rings is 2. The first-order chi connectivity index (χ1) is 13.0. The highest BCUT2D eigenvalue weighted by Gasteiger charge is 2.36. The maximum Gasteiger partial charge on any atom is 0.400 e. The van der Waals surface area contributed by atoms with E-state index in [4.69, 9.17) is 34.8 Å². The average Bonchev–Trinajstić information content (AvgIpc) is 3.07. The van der Waals surface area contributed by atoms with E-state index in [1.807, 2.05) is 0 Å². The molecule has 1 atom stereocenters. The Morgan fingerprint density at radius 2 is 1.89 bits per heavy atom. The Morgan fingerprint density at radius 3 is 2.46 bits per heavy atom. The zero-order valence-corrected chi connectivity index (χ0v) is 17.1. The molecule has 1 N–H and O–H groups in total. The van der Waals surface area contributed by atoms with Gasteiger partial charge in [-0.05, 0) is 41.9 Å². The number of nitrogens with zero attached hydrogens (tertiary/aromatic N) is 2. The van der Waals surface area contributed by atoms with Crippen molar-refractivity contribution in [3.05, 3.63) is 58.2 Å². The third-order valence-electron chi connectivity index (χ3n) is 3.60. The molecule has 2 aromatic carbocycles. The molecule has 28 heavy (non-hydrogen) atoms. The van der Waals surface area contributed by atoms with Crippen molar-refractivity contribution < 1.29 is 22.3 Å². The molecule has 0 aliphatic rings. The monoisotopic (exact) mass is 469 g/mol. The molecule has 0 saturated carbocycles. The summed E-state index contributed by atoms with van der Waals surface area (Å²) in [4.78, 5) is 3.43. The van der Waals surface area contributed by atoms with Gasteiger partial charge < -0.3 is 9.61 Å². The SMILES string of the molecule is CP(=O)(Nc1ccc(Cl)cc1Cl)c1ccc(-c2noc(C(F)(F)Cl)n2)cc1F. The van der Waals surface area contributed by atoms with Crippen molar-refractivity contribution in [2.45, 2.75) is 5.38 Å². The molecule has 0 aliphatic heterocycles. The number of anilines is 1. The quantitative estimate of drug-likeness (QED) is 0.360. The van der Waals surface area contributed by atoms with E-state index in [0.717, 1.165) is 6.07 Å². The molecular weight excluding hydrogens is 461 g/mol. The van der Waals surface area contributed by atoms with Crippen LogP contribution in [0.5, 0.6) is 0 Å². The fourth-order valence-electron chi connectivity index (χ4n) is 2.32. The minimum absolute atomic E-state index is 0.0432. The summed E-state index contributed by atoms with van der Waals surface area (Å²) >= 11 is 16.7. The lowest BCUT2D eigenvalue weighted by molar-refractivity contribution is 0.0551.